The lowest BCUT2D eigenvalue weighted by Gasteiger charge is -2.32. The number of halogens is 2. The van der Waals surface area contributed by atoms with Crippen LogP contribution in [0.5, 0.6) is 5.75 Å². The summed E-state index contributed by atoms with van der Waals surface area (Å²) in [6.07, 6.45) is 15.7. The topological polar surface area (TPSA) is 27.7 Å². The van der Waals surface area contributed by atoms with Crippen LogP contribution in [0.15, 0.2) is 12.1 Å². The predicted octanol–water partition coefficient (Wildman–Crippen LogP) is 8.20. The second-order valence-electron chi connectivity index (χ2n) is 10.5. The number of unbranched alkanes of at least 4 members (excludes halogenated alkanes) is 3. The molecular weight excluding hydrogens is 434 g/mol. The maximum absolute atomic E-state index is 14.8. The van der Waals surface area contributed by atoms with Gasteiger partial charge in [-0.05, 0) is 87.2 Å². The average molecular weight is 481 g/mol. The van der Waals surface area contributed by atoms with E-state index in [2.05, 4.69) is 6.92 Å². The molecule has 3 nitrogen and oxygen atoms in total. The smallest absolute Gasteiger partial charge is 0.200 e. The highest BCUT2D eigenvalue weighted by Crippen LogP contribution is 2.38. The number of hydrogen-bond acceptors (Lipinski definition) is 3. The fourth-order valence-electron chi connectivity index (χ4n) is 5.77. The first-order valence-corrected chi connectivity index (χ1v) is 13.8. The van der Waals surface area contributed by atoms with Gasteiger partial charge in [-0.3, -0.25) is 0 Å². The molecule has 0 spiro atoms. The summed E-state index contributed by atoms with van der Waals surface area (Å²) in [7, 11) is 1.70. The van der Waals surface area contributed by atoms with E-state index in [1.807, 2.05) is 0 Å². The number of rotatable bonds is 14. The first-order valence-electron chi connectivity index (χ1n) is 13.8. The zero-order valence-electron chi connectivity index (χ0n) is 21.5. The van der Waals surface area contributed by atoms with E-state index in [9.17, 15) is 8.78 Å². The molecule has 1 aromatic rings. The Balaban J connectivity index is 1.37. The normalized spacial score (nSPS) is 25.4. The van der Waals surface area contributed by atoms with E-state index in [0.717, 1.165) is 70.5 Å². The molecular formula is C29H46F2O3. The van der Waals surface area contributed by atoms with Gasteiger partial charge < -0.3 is 14.2 Å². The molecule has 0 aromatic heterocycles. The van der Waals surface area contributed by atoms with E-state index in [1.165, 1.54) is 38.5 Å². The molecule has 3 rings (SSSR count). The van der Waals surface area contributed by atoms with E-state index in [-0.39, 0.29) is 17.8 Å². The zero-order chi connectivity index (χ0) is 24.2. The summed E-state index contributed by atoms with van der Waals surface area (Å²) < 4.78 is 46.3. The summed E-state index contributed by atoms with van der Waals surface area (Å²) in [6, 6.07) is 3.34. The Kier molecular flexibility index (Phi) is 12.1. The highest BCUT2D eigenvalue weighted by atomic mass is 19.2. The minimum absolute atomic E-state index is 0.0313. The zero-order valence-corrected chi connectivity index (χ0v) is 21.5. The lowest BCUT2D eigenvalue weighted by atomic mass is 9.80. The minimum atomic E-state index is -0.839. The number of methoxy groups -OCH3 is 1. The predicted molar refractivity (Wildman–Crippen MR) is 134 cm³/mol. The molecule has 0 radical (unpaired) electrons. The monoisotopic (exact) mass is 480 g/mol. The quantitative estimate of drug-likeness (QED) is 0.251. The second-order valence-corrected chi connectivity index (χ2v) is 10.5. The molecule has 0 atom stereocenters. The van der Waals surface area contributed by atoms with Crippen LogP contribution >= 0.6 is 0 Å². The standard InChI is InChI=1S/C29H46F2O3/c1-3-8-22-9-11-23(12-10-22)21-34-25-15-13-24(14-16-25)26-17-18-27(29(31)28(26)30)33-20-7-5-4-6-19-32-2/h17-18,22-25H,3-16,19-21H2,1-2H3. The fourth-order valence-corrected chi connectivity index (χ4v) is 5.77. The third-order valence-electron chi connectivity index (χ3n) is 7.92. The van der Waals surface area contributed by atoms with Crippen molar-refractivity contribution in [3.8, 4) is 5.75 Å². The van der Waals surface area contributed by atoms with Gasteiger partial charge in [-0.15, -0.1) is 0 Å². The summed E-state index contributed by atoms with van der Waals surface area (Å²) in [5.41, 5.74) is 0.497. The van der Waals surface area contributed by atoms with E-state index >= 15 is 0 Å². The molecule has 0 saturated heterocycles. The summed E-state index contributed by atoms with van der Waals surface area (Å²) in [6.45, 7) is 4.32. The summed E-state index contributed by atoms with van der Waals surface area (Å²) in [5, 5.41) is 0. The lowest BCUT2D eigenvalue weighted by molar-refractivity contribution is -0.00496. The first kappa shape index (κ1) is 27.4. The van der Waals surface area contributed by atoms with Crippen LogP contribution in [0.2, 0.25) is 0 Å². The highest BCUT2D eigenvalue weighted by molar-refractivity contribution is 5.33. The lowest BCUT2D eigenvalue weighted by Crippen LogP contribution is -2.26. The molecule has 0 amide bonds. The third kappa shape index (κ3) is 8.48. The van der Waals surface area contributed by atoms with Gasteiger partial charge in [-0.2, -0.15) is 4.39 Å². The Hall–Kier alpha value is -1.20. The van der Waals surface area contributed by atoms with Crippen molar-refractivity contribution in [1.29, 1.82) is 0 Å². The van der Waals surface area contributed by atoms with Crippen molar-refractivity contribution in [2.24, 2.45) is 11.8 Å². The van der Waals surface area contributed by atoms with Crippen molar-refractivity contribution in [1.82, 2.24) is 0 Å². The third-order valence-corrected chi connectivity index (χ3v) is 7.92. The average Bonchev–Trinajstić information content (AvgIpc) is 2.86. The van der Waals surface area contributed by atoms with Gasteiger partial charge in [0.05, 0.1) is 12.7 Å². The van der Waals surface area contributed by atoms with Crippen LogP contribution in [0.3, 0.4) is 0 Å². The maximum atomic E-state index is 14.8. The Bertz CT molecular complexity index is 695. The van der Waals surface area contributed by atoms with Crippen molar-refractivity contribution >= 4 is 0 Å². The van der Waals surface area contributed by atoms with Gasteiger partial charge in [0, 0.05) is 20.3 Å². The molecule has 1 aromatic carbocycles. The SMILES string of the molecule is CCCC1CCC(COC2CCC(c3ccc(OCCCCCCOC)c(F)c3F)CC2)CC1. The molecule has 2 aliphatic rings. The molecule has 5 heteroatoms. The Morgan fingerprint density at radius 3 is 2.15 bits per heavy atom. The highest BCUT2D eigenvalue weighted by Gasteiger charge is 2.28. The first-order chi connectivity index (χ1) is 16.6. The maximum Gasteiger partial charge on any atom is 0.200 e. The molecule has 0 N–H and O–H groups in total. The van der Waals surface area contributed by atoms with E-state index < -0.39 is 11.6 Å². The summed E-state index contributed by atoms with van der Waals surface area (Å²) in [4.78, 5) is 0. The van der Waals surface area contributed by atoms with Gasteiger partial charge >= 0.3 is 0 Å². The number of benzene rings is 1. The fraction of sp³-hybridized carbons (Fsp3) is 0.793. The van der Waals surface area contributed by atoms with Gasteiger partial charge in [0.2, 0.25) is 5.82 Å². The summed E-state index contributed by atoms with van der Waals surface area (Å²) in [5.74, 6) is 0.155. The van der Waals surface area contributed by atoms with Crippen LogP contribution < -0.4 is 4.74 Å². The van der Waals surface area contributed by atoms with E-state index in [1.54, 1.807) is 19.2 Å². The van der Waals surface area contributed by atoms with Crippen molar-refractivity contribution in [3.63, 3.8) is 0 Å². The summed E-state index contributed by atoms with van der Waals surface area (Å²) >= 11 is 0. The number of ether oxygens (including phenoxy) is 3. The molecule has 34 heavy (non-hydrogen) atoms. The van der Waals surface area contributed by atoms with Crippen LogP contribution in [0, 0.1) is 23.5 Å². The van der Waals surface area contributed by atoms with E-state index in [4.69, 9.17) is 14.2 Å². The molecule has 0 unspecified atom stereocenters. The molecule has 2 saturated carbocycles. The van der Waals surface area contributed by atoms with Crippen LogP contribution in [0.1, 0.15) is 108 Å². The van der Waals surface area contributed by atoms with Gasteiger partial charge in [-0.25, -0.2) is 4.39 Å². The molecule has 194 valence electrons. The molecule has 0 aliphatic heterocycles. The largest absolute Gasteiger partial charge is 0.490 e. The van der Waals surface area contributed by atoms with Gasteiger partial charge in [0.1, 0.15) is 0 Å². The Morgan fingerprint density at radius 2 is 1.47 bits per heavy atom. The minimum Gasteiger partial charge on any atom is -0.490 e. The molecule has 0 heterocycles. The van der Waals surface area contributed by atoms with Crippen molar-refractivity contribution in [2.45, 2.75) is 109 Å². The van der Waals surface area contributed by atoms with E-state index in [0.29, 0.717) is 18.1 Å². The second kappa shape index (κ2) is 15.0. The van der Waals surface area contributed by atoms with Crippen LogP contribution in [0.4, 0.5) is 8.78 Å². The molecule has 2 fully saturated rings. The van der Waals surface area contributed by atoms with Crippen LogP contribution in [-0.4, -0.2) is 33.0 Å². The molecule has 2 aliphatic carbocycles. The Morgan fingerprint density at radius 1 is 0.794 bits per heavy atom. The van der Waals surface area contributed by atoms with Gasteiger partial charge in [-0.1, -0.05) is 45.1 Å². The molecule has 0 bridgehead atoms. The van der Waals surface area contributed by atoms with Crippen LogP contribution in [0.25, 0.3) is 0 Å². The number of hydrogen-bond donors (Lipinski definition) is 0. The van der Waals surface area contributed by atoms with Gasteiger partial charge in [0.25, 0.3) is 0 Å². The van der Waals surface area contributed by atoms with Crippen molar-refractivity contribution < 1.29 is 23.0 Å². The Labute approximate surface area is 205 Å². The van der Waals surface area contributed by atoms with Gasteiger partial charge in [0.15, 0.2) is 11.6 Å². The van der Waals surface area contributed by atoms with Crippen molar-refractivity contribution in [2.75, 3.05) is 26.9 Å². The van der Waals surface area contributed by atoms with Crippen LogP contribution in [-0.2, 0) is 9.47 Å². The van der Waals surface area contributed by atoms with Crippen molar-refractivity contribution in [3.05, 3.63) is 29.3 Å².